The number of benzene rings is 2. The van der Waals surface area contributed by atoms with Crippen LogP contribution < -0.4 is 5.73 Å². The number of nitrogens with zero attached hydrogens (tertiary/aromatic N) is 6. The first-order chi connectivity index (χ1) is 19.9. The van der Waals surface area contributed by atoms with Crippen molar-refractivity contribution in [2.75, 3.05) is 18.8 Å². The Bertz CT molecular complexity index is 1700. The molecule has 1 amide bonds. The summed E-state index contributed by atoms with van der Waals surface area (Å²) in [6, 6.07) is 26.7. The number of nitrogen functional groups attached to an aromatic ring is 1. The predicted molar refractivity (Wildman–Crippen MR) is 163 cm³/mol. The van der Waals surface area contributed by atoms with E-state index in [1.807, 2.05) is 47.4 Å². The highest BCUT2D eigenvalue weighted by molar-refractivity contribution is 5.87. The molecule has 0 saturated carbocycles. The normalized spacial score (nSPS) is 17.6. The number of rotatable bonds is 6. The topological polar surface area (TPSA) is 93.2 Å². The van der Waals surface area contributed by atoms with Gasteiger partial charge in [-0.15, -0.1) is 0 Å². The molecule has 6 rings (SSSR count). The van der Waals surface area contributed by atoms with Crippen LogP contribution in [-0.4, -0.2) is 60.4 Å². The summed E-state index contributed by atoms with van der Waals surface area (Å²) in [6.07, 6.45) is 3.09. The number of imidazole rings is 1. The maximum Gasteiger partial charge on any atom is 0.246 e. The molecule has 1 fully saturated rings. The molecular weight excluding hydrogens is 510 g/mol. The van der Waals surface area contributed by atoms with Gasteiger partial charge in [-0.1, -0.05) is 49.0 Å². The number of carbonyl (C=O) groups excluding carboxylic acids is 1. The summed E-state index contributed by atoms with van der Waals surface area (Å²) in [6.45, 7) is 10.3. The number of hydrogen-bond donors (Lipinski definition) is 1. The summed E-state index contributed by atoms with van der Waals surface area (Å²) in [5.74, 6) is 1.11. The van der Waals surface area contributed by atoms with Gasteiger partial charge in [0, 0.05) is 49.2 Å². The SMILES string of the molecule is C=CC(=O)N1[C@H](C)CN(Cc2ccc(-n3c(-c4cccnc4N)nc4ccc(-c5ccccc5)nc43)cc2)C[C@@H]1C. The molecule has 1 saturated heterocycles. The molecule has 1 aliphatic heterocycles. The van der Waals surface area contributed by atoms with Gasteiger partial charge < -0.3 is 10.6 Å². The molecule has 0 radical (unpaired) electrons. The molecule has 0 unspecified atom stereocenters. The average molecular weight is 544 g/mol. The molecule has 8 heteroatoms. The van der Waals surface area contributed by atoms with E-state index in [4.69, 9.17) is 15.7 Å². The van der Waals surface area contributed by atoms with Crippen molar-refractivity contribution in [2.24, 2.45) is 0 Å². The summed E-state index contributed by atoms with van der Waals surface area (Å²) in [7, 11) is 0. The average Bonchev–Trinajstić information content (AvgIpc) is 3.36. The smallest absolute Gasteiger partial charge is 0.246 e. The third-order valence-electron chi connectivity index (χ3n) is 7.68. The van der Waals surface area contributed by atoms with Crippen molar-refractivity contribution in [1.82, 2.24) is 29.3 Å². The number of carbonyl (C=O) groups is 1. The summed E-state index contributed by atoms with van der Waals surface area (Å²) in [5.41, 5.74) is 12.6. The first kappa shape index (κ1) is 26.4. The summed E-state index contributed by atoms with van der Waals surface area (Å²) >= 11 is 0. The second kappa shape index (κ2) is 11.0. The Morgan fingerprint density at radius 3 is 2.37 bits per heavy atom. The second-order valence-electron chi connectivity index (χ2n) is 10.6. The van der Waals surface area contributed by atoms with Gasteiger partial charge in [0.25, 0.3) is 0 Å². The molecule has 41 heavy (non-hydrogen) atoms. The van der Waals surface area contributed by atoms with Crippen LogP contribution in [0, 0.1) is 0 Å². The number of pyridine rings is 2. The van der Waals surface area contributed by atoms with Crippen molar-refractivity contribution in [3.8, 4) is 28.3 Å². The molecule has 5 aromatic rings. The zero-order chi connectivity index (χ0) is 28.5. The molecule has 0 bridgehead atoms. The highest BCUT2D eigenvalue weighted by Crippen LogP contribution is 2.32. The van der Waals surface area contributed by atoms with E-state index in [0.717, 1.165) is 53.3 Å². The molecule has 2 N–H and O–H groups in total. The van der Waals surface area contributed by atoms with Crippen molar-refractivity contribution < 1.29 is 4.79 Å². The second-order valence-corrected chi connectivity index (χ2v) is 10.6. The molecule has 2 atom stereocenters. The van der Waals surface area contributed by atoms with Crippen molar-refractivity contribution in [2.45, 2.75) is 32.5 Å². The quantitative estimate of drug-likeness (QED) is 0.291. The van der Waals surface area contributed by atoms with E-state index in [1.54, 1.807) is 6.20 Å². The Balaban J connectivity index is 1.35. The number of hydrogen-bond acceptors (Lipinski definition) is 6. The number of piperazine rings is 1. The van der Waals surface area contributed by atoms with Crippen LogP contribution in [0.4, 0.5) is 5.82 Å². The number of anilines is 1. The third kappa shape index (κ3) is 5.10. The van der Waals surface area contributed by atoms with Crippen LogP contribution >= 0.6 is 0 Å². The zero-order valence-electron chi connectivity index (χ0n) is 23.3. The summed E-state index contributed by atoms with van der Waals surface area (Å²) < 4.78 is 2.06. The van der Waals surface area contributed by atoms with Crippen molar-refractivity contribution in [3.05, 3.63) is 103 Å². The van der Waals surface area contributed by atoms with Crippen LogP contribution in [0.1, 0.15) is 19.4 Å². The van der Waals surface area contributed by atoms with Crippen LogP contribution in [0.3, 0.4) is 0 Å². The number of amides is 1. The van der Waals surface area contributed by atoms with Gasteiger partial charge in [0.1, 0.15) is 11.3 Å². The lowest BCUT2D eigenvalue weighted by Gasteiger charge is -2.44. The van der Waals surface area contributed by atoms with E-state index < -0.39 is 0 Å². The minimum atomic E-state index is -0.00403. The maximum absolute atomic E-state index is 12.3. The van der Waals surface area contributed by atoms with Crippen LogP contribution in [0.25, 0.3) is 39.5 Å². The molecule has 1 aliphatic rings. The van der Waals surface area contributed by atoms with Crippen LogP contribution in [0.2, 0.25) is 0 Å². The Kier molecular flexibility index (Phi) is 7.07. The van der Waals surface area contributed by atoms with Gasteiger partial charge in [-0.3, -0.25) is 14.3 Å². The molecule has 0 spiro atoms. The first-order valence-electron chi connectivity index (χ1n) is 13.8. The lowest BCUT2D eigenvalue weighted by molar-refractivity contribution is -0.133. The standard InChI is InChI=1S/C33H33N7O/c1-4-30(41)39-22(2)19-38(20-23(39)3)21-24-12-14-26(15-13-24)40-32(27-11-8-18-35-31(27)34)37-29-17-16-28(36-33(29)40)25-9-6-5-7-10-25/h4-18,22-23H,1,19-21H2,2-3H3,(H2,34,35)/t22-,23+. The monoisotopic (exact) mass is 543 g/mol. The van der Waals surface area contributed by atoms with Gasteiger partial charge in [0.2, 0.25) is 5.91 Å². The summed E-state index contributed by atoms with van der Waals surface area (Å²) in [4.78, 5) is 31.0. The lowest BCUT2D eigenvalue weighted by atomic mass is 10.1. The minimum Gasteiger partial charge on any atom is -0.383 e. The molecule has 206 valence electrons. The van der Waals surface area contributed by atoms with Gasteiger partial charge in [-0.2, -0.15) is 0 Å². The maximum atomic E-state index is 12.3. The van der Waals surface area contributed by atoms with Crippen molar-refractivity contribution in [3.63, 3.8) is 0 Å². The largest absolute Gasteiger partial charge is 0.383 e. The van der Waals surface area contributed by atoms with Gasteiger partial charge in [0.05, 0.1) is 11.3 Å². The van der Waals surface area contributed by atoms with E-state index in [-0.39, 0.29) is 18.0 Å². The van der Waals surface area contributed by atoms with Gasteiger partial charge in [-0.25, -0.2) is 15.0 Å². The van der Waals surface area contributed by atoms with E-state index >= 15 is 0 Å². The van der Waals surface area contributed by atoms with Gasteiger partial charge in [0.15, 0.2) is 11.5 Å². The first-order valence-corrected chi connectivity index (χ1v) is 13.8. The van der Waals surface area contributed by atoms with E-state index in [0.29, 0.717) is 11.6 Å². The molecule has 3 aromatic heterocycles. The third-order valence-corrected chi connectivity index (χ3v) is 7.68. The fourth-order valence-corrected chi connectivity index (χ4v) is 5.87. The van der Waals surface area contributed by atoms with E-state index in [1.165, 1.54) is 11.6 Å². The number of nitrogens with two attached hydrogens (primary N) is 1. The Morgan fingerprint density at radius 1 is 0.951 bits per heavy atom. The Morgan fingerprint density at radius 2 is 1.68 bits per heavy atom. The van der Waals surface area contributed by atoms with E-state index in [2.05, 4.69) is 71.3 Å². The fourth-order valence-electron chi connectivity index (χ4n) is 5.87. The number of aromatic nitrogens is 4. The van der Waals surface area contributed by atoms with Gasteiger partial charge in [-0.05, 0) is 61.9 Å². The lowest BCUT2D eigenvalue weighted by Crippen LogP contribution is -2.57. The van der Waals surface area contributed by atoms with Crippen LogP contribution in [-0.2, 0) is 11.3 Å². The van der Waals surface area contributed by atoms with Crippen LogP contribution in [0.5, 0.6) is 0 Å². The zero-order valence-corrected chi connectivity index (χ0v) is 23.3. The molecule has 8 nitrogen and oxygen atoms in total. The minimum absolute atomic E-state index is 0.00403. The molecule has 0 aliphatic carbocycles. The summed E-state index contributed by atoms with van der Waals surface area (Å²) in [5, 5.41) is 0. The fraction of sp³-hybridized carbons (Fsp3) is 0.212. The van der Waals surface area contributed by atoms with Crippen molar-refractivity contribution >= 4 is 22.9 Å². The molecule has 4 heterocycles. The number of fused-ring (bicyclic) bond motifs is 1. The highest BCUT2D eigenvalue weighted by atomic mass is 16.2. The predicted octanol–water partition coefficient (Wildman–Crippen LogP) is 5.34. The van der Waals surface area contributed by atoms with Crippen molar-refractivity contribution in [1.29, 1.82) is 0 Å². The van der Waals surface area contributed by atoms with E-state index in [9.17, 15) is 4.79 Å². The molecule has 2 aromatic carbocycles. The van der Waals surface area contributed by atoms with Gasteiger partial charge >= 0.3 is 0 Å². The highest BCUT2D eigenvalue weighted by Gasteiger charge is 2.31. The Hall–Kier alpha value is -4.82. The molecular formula is C33H33N7O. The Labute approximate surface area is 239 Å². The van der Waals surface area contributed by atoms with Crippen LogP contribution in [0.15, 0.2) is 97.7 Å².